The van der Waals surface area contributed by atoms with Gasteiger partial charge in [0.05, 0.1) is 6.61 Å². The van der Waals surface area contributed by atoms with Crippen LogP contribution >= 0.6 is 23.2 Å². The van der Waals surface area contributed by atoms with E-state index in [1.165, 1.54) is 0 Å². The molecule has 0 saturated heterocycles. The summed E-state index contributed by atoms with van der Waals surface area (Å²) in [4.78, 5) is 27.3. The Bertz CT molecular complexity index is 861. The van der Waals surface area contributed by atoms with Crippen LogP contribution in [0.1, 0.15) is 45.6 Å². The predicted molar refractivity (Wildman–Crippen MR) is 126 cm³/mol. The molecule has 2 amide bonds. The van der Waals surface area contributed by atoms with E-state index in [1.54, 1.807) is 30.0 Å². The number of amides is 2. The Hall–Kier alpha value is -2.24. The molecule has 5 nitrogen and oxygen atoms in total. The average Bonchev–Trinajstić information content (AvgIpc) is 2.76. The second kappa shape index (κ2) is 12.6. The molecule has 2 rings (SSSR count). The zero-order chi connectivity index (χ0) is 22.8. The van der Waals surface area contributed by atoms with Crippen LogP contribution in [-0.4, -0.2) is 35.4 Å². The Labute approximate surface area is 194 Å². The number of carbonyl (C=O) groups excluding carboxylic acids is 2. The Morgan fingerprint density at radius 2 is 1.81 bits per heavy atom. The second-order valence-electron chi connectivity index (χ2n) is 7.52. The van der Waals surface area contributed by atoms with Crippen molar-refractivity contribution in [3.63, 3.8) is 0 Å². The summed E-state index contributed by atoms with van der Waals surface area (Å²) in [5.74, 6) is 0.448. The first-order valence-electron chi connectivity index (χ1n) is 10.5. The predicted octanol–water partition coefficient (Wildman–Crippen LogP) is 5.48. The first-order chi connectivity index (χ1) is 14.8. The van der Waals surface area contributed by atoms with Crippen LogP contribution in [-0.2, 0) is 16.1 Å². The SMILES string of the molecule is CC[C@H](C)NC(=O)[C@@H](C)N(Cc1ccc(Cl)cc1Cl)C(=O)CCCOc1ccccc1. The number of halogens is 2. The zero-order valence-electron chi connectivity index (χ0n) is 18.2. The minimum Gasteiger partial charge on any atom is -0.494 e. The number of hydrogen-bond acceptors (Lipinski definition) is 3. The molecule has 31 heavy (non-hydrogen) atoms. The first-order valence-corrected chi connectivity index (χ1v) is 11.3. The molecule has 0 radical (unpaired) electrons. The maximum atomic E-state index is 13.1. The van der Waals surface area contributed by atoms with Crippen LogP contribution in [0.15, 0.2) is 48.5 Å². The molecule has 2 atom stereocenters. The van der Waals surface area contributed by atoms with Crippen molar-refractivity contribution >= 4 is 35.0 Å². The highest BCUT2D eigenvalue weighted by Crippen LogP contribution is 2.23. The van der Waals surface area contributed by atoms with Gasteiger partial charge in [-0.3, -0.25) is 9.59 Å². The monoisotopic (exact) mass is 464 g/mol. The third kappa shape index (κ3) is 8.08. The van der Waals surface area contributed by atoms with Gasteiger partial charge in [-0.05, 0) is 56.5 Å². The van der Waals surface area contributed by atoms with Crippen LogP contribution in [0.3, 0.4) is 0 Å². The van der Waals surface area contributed by atoms with Crippen LogP contribution in [0.25, 0.3) is 0 Å². The van der Waals surface area contributed by atoms with Crippen LogP contribution in [0.4, 0.5) is 0 Å². The van der Waals surface area contributed by atoms with Crippen molar-refractivity contribution in [2.75, 3.05) is 6.61 Å². The summed E-state index contributed by atoms with van der Waals surface area (Å²) in [5, 5.41) is 3.94. The lowest BCUT2D eigenvalue weighted by atomic mass is 10.1. The number of ether oxygens (including phenoxy) is 1. The molecule has 0 spiro atoms. The van der Waals surface area contributed by atoms with Gasteiger partial charge >= 0.3 is 0 Å². The van der Waals surface area contributed by atoms with Gasteiger partial charge in [-0.15, -0.1) is 0 Å². The molecule has 0 fully saturated rings. The maximum Gasteiger partial charge on any atom is 0.242 e. The summed E-state index contributed by atoms with van der Waals surface area (Å²) in [6.07, 6.45) is 1.61. The highest BCUT2D eigenvalue weighted by atomic mass is 35.5. The van der Waals surface area contributed by atoms with Gasteiger partial charge in [0, 0.05) is 29.1 Å². The van der Waals surface area contributed by atoms with E-state index in [0.717, 1.165) is 17.7 Å². The van der Waals surface area contributed by atoms with E-state index in [4.69, 9.17) is 27.9 Å². The quantitative estimate of drug-likeness (QED) is 0.447. The van der Waals surface area contributed by atoms with Crippen molar-refractivity contribution in [1.82, 2.24) is 10.2 Å². The van der Waals surface area contributed by atoms with Gasteiger partial charge in [-0.1, -0.05) is 54.4 Å². The number of nitrogens with one attached hydrogen (secondary N) is 1. The molecule has 1 N–H and O–H groups in total. The van der Waals surface area contributed by atoms with Crippen molar-refractivity contribution in [2.45, 2.75) is 58.7 Å². The second-order valence-corrected chi connectivity index (χ2v) is 8.36. The van der Waals surface area contributed by atoms with Gasteiger partial charge in [0.1, 0.15) is 11.8 Å². The standard InChI is InChI=1S/C24H30Cl2N2O3/c1-4-17(2)27-24(30)18(3)28(16-19-12-13-20(25)15-22(19)26)23(29)11-8-14-31-21-9-6-5-7-10-21/h5-7,9-10,12-13,15,17-18H,4,8,11,14,16H2,1-3H3,(H,27,30)/t17-,18+/m0/s1. The zero-order valence-corrected chi connectivity index (χ0v) is 19.7. The van der Waals surface area contributed by atoms with Gasteiger partial charge in [0.2, 0.25) is 11.8 Å². The van der Waals surface area contributed by atoms with Gasteiger partial charge in [-0.25, -0.2) is 0 Å². The summed E-state index contributed by atoms with van der Waals surface area (Å²) in [6.45, 7) is 6.31. The van der Waals surface area contributed by atoms with Crippen molar-refractivity contribution in [3.8, 4) is 5.75 Å². The van der Waals surface area contributed by atoms with Crippen LogP contribution in [0.2, 0.25) is 10.0 Å². The topological polar surface area (TPSA) is 58.6 Å². The van der Waals surface area contributed by atoms with Crippen molar-refractivity contribution in [1.29, 1.82) is 0 Å². The summed E-state index contributed by atoms with van der Waals surface area (Å²) in [6, 6.07) is 14.0. The van der Waals surface area contributed by atoms with Gasteiger partial charge in [0.25, 0.3) is 0 Å². The van der Waals surface area contributed by atoms with E-state index < -0.39 is 6.04 Å². The fourth-order valence-electron chi connectivity index (χ4n) is 2.96. The normalized spacial score (nSPS) is 12.7. The lowest BCUT2D eigenvalue weighted by molar-refractivity contribution is -0.141. The molecule has 0 saturated carbocycles. The molecule has 0 unspecified atom stereocenters. The summed E-state index contributed by atoms with van der Waals surface area (Å²) in [7, 11) is 0. The fraction of sp³-hybridized carbons (Fsp3) is 0.417. The highest BCUT2D eigenvalue weighted by Gasteiger charge is 2.27. The largest absolute Gasteiger partial charge is 0.494 e. The lowest BCUT2D eigenvalue weighted by Crippen LogP contribution is -2.49. The van der Waals surface area contributed by atoms with E-state index in [2.05, 4.69) is 5.32 Å². The Balaban J connectivity index is 2.05. The minimum atomic E-state index is -0.636. The first kappa shape index (κ1) is 25.0. The number of benzene rings is 2. The van der Waals surface area contributed by atoms with Crippen molar-refractivity contribution < 1.29 is 14.3 Å². The van der Waals surface area contributed by atoms with Crippen LogP contribution < -0.4 is 10.1 Å². The number of hydrogen-bond donors (Lipinski definition) is 1. The Kier molecular flexibility index (Phi) is 10.2. The molecule has 0 bridgehead atoms. The smallest absolute Gasteiger partial charge is 0.242 e. The van der Waals surface area contributed by atoms with E-state index in [9.17, 15) is 9.59 Å². The molecule has 0 aliphatic rings. The summed E-state index contributed by atoms with van der Waals surface area (Å²) < 4.78 is 5.68. The molecule has 0 aliphatic heterocycles. The van der Waals surface area contributed by atoms with Crippen LogP contribution in [0, 0.1) is 0 Å². The third-order valence-corrected chi connectivity index (χ3v) is 5.66. The van der Waals surface area contributed by atoms with E-state index in [0.29, 0.717) is 23.1 Å². The lowest BCUT2D eigenvalue weighted by Gasteiger charge is -2.30. The molecule has 0 aromatic heterocycles. The minimum absolute atomic E-state index is 0.0327. The molecule has 0 heterocycles. The molecule has 7 heteroatoms. The van der Waals surface area contributed by atoms with E-state index >= 15 is 0 Å². The Morgan fingerprint density at radius 1 is 1.10 bits per heavy atom. The van der Waals surface area contributed by atoms with Gasteiger partial charge in [-0.2, -0.15) is 0 Å². The Morgan fingerprint density at radius 3 is 2.45 bits per heavy atom. The average molecular weight is 465 g/mol. The highest BCUT2D eigenvalue weighted by molar-refractivity contribution is 6.35. The molecule has 2 aromatic rings. The molecular formula is C24H30Cl2N2O3. The molecule has 2 aromatic carbocycles. The van der Waals surface area contributed by atoms with E-state index in [1.807, 2.05) is 44.2 Å². The molecule has 168 valence electrons. The fourth-order valence-corrected chi connectivity index (χ4v) is 3.42. The van der Waals surface area contributed by atoms with Crippen molar-refractivity contribution in [3.05, 3.63) is 64.1 Å². The number of carbonyl (C=O) groups is 2. The van der Waals surface area contributed by atoms with E-state index in [-0.39, 0.29) is 30.8 Å². The third-order valence-electron chi connectivity index (χ3n) is 5.07. The summed E-state index contributed by atoms with van der Waals surface area (Å²) in [5.41, 5.74) is 0.739. The van der Waals surface area contributed by atoms with Crippen LogP contribution in [0.5, 0.6) is 5.75 Å². The molecular weight excluding hydrogens is 435 g/mol. The number of para-hydroxylation sites is 1. The summed E-state index contributed by atoms with van der Waals surface area (Å²) >= 11 is 12.3. The number of nitrogens with zero attached hydrogens (tertiary/aromatic N) is 1. The number of rotatable bonds is 11. The molecule has 0 aliphatic carbocycles. The van der Waals surface area contributed by atoms with Gasteiger partial charge < -0.3 is 15.0 Å². The maximum absolute atomic E-state index is 13.1. The van der Waals surface area contributed by atoms with Crippen molar-refractivity contribution in [2.24, 2.45) is 0 Å². The van der Waals surface area contributed by atoms with Gasteiger partial charge in [0.15, 0.2) is 0 Å².